The maximum absolute atomic E-state index is 13.4. The van der Waals surface area contributed by atoms with Gasteiger partial charge in [0.15, 0.2) is 0 Å². The summed E-state index contributed by atoms with van der Waals surface area (Å²) in [5.74, 6) is 0.476. The molecule has 1 saturated heterocycles. The highest BCUT2D eigenvalue weighted by molar-refractivity contribution is 7.89. The van der Waals surface area contributed by atoms with Crippen LogP contribution in [0.25, 0.3) is 11.0 Å². The average Bonchev–Trinajstić information content (AvgIpc) is 2.86. The van der Waals surface area contributed by atoms with E-state index in [4.69, 9.17) is 0 Å². The fraction of sp³-hybridized carbons (Fsp3) is 0.440. The number of hydrogen-bond donors (Lipinski definition) is 0. The molecule has 34 heavy (non-hydrogen) atoms. The monoisotopic (exact) mass is 482 g/mol. The van der Waals surface area contributed by atoms with Crippen LogP contribution in [0.4, 0.5) is 0 Å². The predicted molar refractivity (Wildman–Crippen MR) is 131 cm³/mol. The molecule has 2 aliphatic rings. The minimum Gasteiger partial charge on any atom is -0.305 e. The van der Waals surface area contributed by atoms with Crippen LogP contribution in [0, 0.1) is 5.92 Å². The molecule has 3 heterocycles. The summed E-state index contributed by atoms with van der Waals surface area (Å²) in [5, 5.41) is 0. The number of fused-ring (bicyclic) bond motifs is 2. The van der Waals surface area contributed by atoms with Crippen molar-refractivity contribution < 1.29 is 8.42 Å². The van der Waals surface area contributed by atoms with E-state index in [0.29, 0.717) is 30.0 Å². The molecule has 0 unspecified atom stereocenters. The lowest BCUT2D eigenvalue weighted by atomic mass is 9.94. The van der Waals surface area contributed by atoms with Gasteiger partial charge >= 0.3 is 11.1 Å². The first-order chi connectivity index (χ1) is 16.3. The topological polar surface area (TPSA) is 84.6 Å². The molecule has 8 nitrogen and oxygen atoms in total. The average molecular weight is 483 g/mol. The first-order valence-electron chi connectivity index (χ1n) is 11.7. The SMILES string of the molecule is Cn1c(=O)c(=O)n(C)c2cc(S(=O)(=O)N3CCC(CN4CCc5ccccc5C4)CC3)ccc21. The quantitative estimate of drug-likeness (QED) is 0.529. The minimum atomic E-state index is -3.69. The van der Waals surface area contributed by atoms with E-state index in [-0.39, 0.29) is 4.90 Å². The number of sulfonamides is 1. The molecule has 1 fully saturated rings. The van der Waals surface area contributed by atoms with Gasteiger partial charge in [-0.05, 0) is 54.5 Å². The second-order valence-electron chi connectivity index (χ2n) is 9.48. The normalized spacial score (nSPS) is 18.3. The number of benzene rings is 2. The molecule has 2 aliphatic heterocycles. The van der Waals surface area contributed by atoms with Crippen molar-refractivity contribution in [1.29, 1.82) is 0 Å². The second kappa shape index (κ2) is 8.79. The number of piperidine rings is 1. The summed E-state index contributed by atoms with van der Waals surface area (Å²) < 4.78 is 30.8. The Bertz CT molecular complexity index is 1470. The van der Waals surface area contributed by atoms with Crippen molar-refractivity contribution in [3.05, 3.63) is 74.3 Å². The highest BCUT2D eigenvalue weighted by atomic mass is 32.2. The maximum Gasteiger partial charge on any atom is 0.316 e. The highest BCUT2D eigenvalue weighted by Gasteiger charge is 2.31. The zero-order valence-electron chi connectivity index (χ0n) is 19.6. The van der Waals surface area contributed by atoms with Crippen LogP contribution in [0.3, 0.4) is 0 Å². The molecule has 5 rings (SSSR count). The van der Waals surface area contributed by atoms with E-state index in [2.05, 4.69) is 29.2 Å². The van der Waals surface area contributed by atoms with E-state index in [1.807, 2.05) is 0 Å². The van der Waals surface area contributed by atoms with E-state index < -0.39 is 21.1 Å². The van der Waals surface area contributed by atoms with Crippen LogP contribution in [-0.4, -0.2) is 52.9 Å². The molecular formula is C25H30N4O4S. The van der Waals surface area contributed by atoms with Gasteiger partial charge in [0.05, 0.1) is 15.9 Å². The van der Waals surface area contributed by atoms with Crippen LogP contribution in [-0.2, 0) is 37.1 Å². The summed E-state index contributed by atoms with van der Waals surface area (Å²) in [7, 11) is -0.673. The molecule has 0 radical (unpaired) electrons. The van der Waals surface area contributed by atoms with Crippen LogP contribution in [0.1, 0.15) is 24.0 Å². The van der Waals surface area contributed by atoms with Crippen molar-refractivity contribution in [2.45, 2.75) is 30.7 Å². The third kappa shape index (κ3) is 4.01. The summed E-state index contributed by atoms with van der Waals surface area (Å²) in [4.78, 5) is 26.9. The largest absolute Gasteiger partial charge is 0.316 e. The van der Waals surface area contributed by atoms with Gasteiger partial charge < -0.3 is 9.13 Å². The maximum atomic E-state index is 13.4. The van der Waals surface area contributed by atoms with E-state index in [0.717, 1.165) is 38.9 Å². The molecule has 9 heteroatoms. The lowest BCUT2D eigenvalue weighted by Crippen LogP contribution is -2.42. The minimum absolute atomic E-state index is 0.153. The van der Waals surface area contributed by atoms with Crippen LogP contribution >= 0.6 is 0 Å². The fourth-order valence-corrected chi connectivity index (χ4v) is 6.77. The Morgan fingerprint density at radius 2 is 1.50 bits per heavy atom. The van der Waals surface area contributed by atoms with Gasteiger partial charge in [0, 0.05) is 46.8 Å². The van der Waals surface area contributed by atoms with Crippen molar-refractivity contribution in [3.8, 4) is 0 Å². The van der Waals surface area contributed by atoms with Crippen LogP contribution in [0.15, 0.2) is 56.9 Å². The summed E-state index contributed by atoms with van der Waals surface area (Å²) in [5.41, 5.74) is 2.47. The van der Waals surface area contributed by atoms with Gasteiger partial charge in [0.2, 0.25) is 10.0 Å². The lowest BCUT2D eigenvalue weighted by Gasteiger charge is -2.36. The zero-order chi connectivity index (χ0) is 24.0. The smallest absolute Gasteiger partial charge is 0.305 e. The molecule has 2 aromatic carbocycles. The molecule has 0 atom stereocenters. The van der Waals surface area contributed by atoms with E-state index in [1.165, 1.54) is 46.5 Å². The number of nitrogens with zero attached hydrogens (tertiary/aromatic N) is 4. The molecule has 180 valence electrons. The molecule has 0 N–H and O–H groups in total. The Kier molecular flexibility index (Phi) is 5.95. The molecule has 3 aromatic rings. The Morgan fingerprint density at radius 1 is 0.853 bits per heavy atom. The summed E-state index contributed by atoms with van der Waals surface area (Å²) in [6.07, 6.45) is 2.73. The van der Waals surface area contributed by atoms with Gasteiger partial charge in [-0.3, -0.25) is 14.5 Å². The third-order valence-electron chi connectivity index (χ3n) is 7.40. The first kappa shape index (κ1) is 23.0. The first-order valence-corrected chi connectivity index (χ1v) is 13.2. The molecule has 0 spiro atoms. The van der Waals surface area contributed by atoms with E-state index >= 15 is 0 Å². The predicted octanol–water partition coefficient (Wildman–Crippen LogP) is 1.70. The number of aryl methyl sites for hydroxylation is 2. The summed E-state index contributed by atoms with van der Waals surface area (Å²) in [6.45, 7) is 3.98. The fourth-order valence-electron chi connectivity index (χ4n) is 5.28. The van der Waals surface area contributed by atoms with Gasteiger partial charge in [0.25, 0.3) is 0 Å². The lowest BCUT2D eigenvalue weighted by molar-refractivity contribution is 0.171. The van der Waals surface area contributed by atoms with Crippen molar-refractivity contribution in [2.24, 2.45) is 20.0 Å². The van der Waals surface area contributed by atoms with Crippen LogP contribution in [0.5, 0.6) is 0 Å². The second-order valence-corrected chi connectivity index (χ2v) is 11.4. The van der Waals surface area contributed by atoms with Gasteiger partial charge in [-0.25, -0.2) is 8.42 Å². The van der Waals surface area contributed by atoms with Gasteiger partial charge in [-0.1, -0.05) is 24.3 Å². The molecule has 0 aliphatic carbocycles. The summed E-state index contributed by atoms with van der Waals surface area (Å²) in [6, 6.07) is 13.2. The van der Waals surface area contributed by atoms with Crippen molar-refractivity contribution in [1.82, 2.24) is 18.3 Å². The Hall–Kier alpha value is -2.75. The Balaban J connectivity index is 1.29. The molecular weight excluding hydrogens is 452 g/mol. The van der Waals surface area contributed by atoms with Gasteiger partial charge in [-0.15, -0.1) is 0 Å². The Morgan fingerprint density at radius 3 is 2.21 bits per heavy atom. The van der Waals surface area contributed by atoms with Crippen LogP contribution < -0.4 is 11.1 Å². The van der Waals surface area contributed by atoms with Gasteiger partial charge in [-0.2, -0.15) is 4.31 Å². The molecule has 1 aromatic heterocycles. The van der Waals surface area contributed by atoms with Gasteiger partial charge in [0.1, 0.15) is 0 Å². The Labute approximate surface area is 199 Å². The van der Waals surface area contributed by atoms with Crippen molar-refractivity contribution in [3.63, 3.8) is 0 Å². The van der Waals surface area contributed by atoms with Crippen molar-refractivity contribution in [2.75, 3.05) is 26.2 Å². The van der Waals surface area contributed by atoms with Crippen molar-refractivity contribution >= 4 is 21.1 Å². The van der Waals surface area contributed by atoms with E-state index in [1.54, 1.807) is 10.4 Å². The molecule has 0 amide bonds. The zero-order valence-corrected chi connectivity index (χ0v) is 20.4. The third-order valence-corrected chi connectivity index (χ3v) is 9.29. The van der Waals surface area contributed by atoms with Crippen LogP contribution in [0.2, 0.25) is 0 Å². The molecule has 0 saturated carbocycles. The number of aromatic nitrogens is 2. The summed E-state index contributed by atoms with van der Waals surface area (Å²) >= 11 is 0. The standard InChI is InChI=1S/C25H30N4O4S/c1-26-22-8-7-21(15-23(22)27(2)25(31)24(26)30)34(32,33)29-13-9-18(10-14-29)16-28-12-11-19-5-3-4-6-20(19)17-28/h3-8,15,18H,9-14,16-17H2,1-2H3. The number of rotatable bonds is 4. The molecule has 0 bridgehead atoms. The number of hydrogen-bond acceptors (Lipinski definition) is 5. The highest BCUT2D eigenvalue weighted by Crippen LogP contribution is 2.27. The van der Waals surface area contributed by atoms with E-state index in [9.17, 15) is 18.0 Å².